The van der Waals surface area contributed by atoms with E-state index in [1.54, 1.807) is 0 Å². The van der Waals surface area contributed by atoms with Crippen molar-refractivity contribution in [3.8, 4) is 11.5 Å². The molecule has 2 heterocycles. The smallest absolute Gasteiger partial charge is 0.252 e. The summed E-state index contributed by atoms with van der Waals surface area (Å²) < 4.78 is 12.7. The number of ether oxygens (including phenoxy) is 2. The predicted molar refractivity (Wildman–Crippen MR) is 183 cm³/mol. The molecule has 3 aromatic rings. The Kier molecular flexibility index (Phi) is 10.6. The van der Waals surface area contributed by atoms with Crippen LogP contribution in [0.25, 0.3) is 5.57 Å². The van der Waals surface area contributed by atoms with Crippen LogP contribution in [0.1, 0.15) is 49.7 Å². The second-order valence-corrected chi connectivity index (χ2v) is 13.4. The fraction of sp³-hybridized carbons (Fsp3) is 0.378. The van der Waals surface area contributed by atoms with Gasteiger partial charge in [0, 0.05) is 54.6 Å². The van der Waals surface area contributed by atoms with Crippen molar-refractivity contribution in [1.29, 1.82) is 0 Å². The predicted octanol–water partition coefficient (Wildman–Crippen LogP) is 5.08. The number of carbonyl (C=O) groups excluding carboxylic acids is 3. The number of nitrogens with one attached hydrogen (secondary N) is 1. The van der Waals surface area contributed by atoms with Gasteiger partial charge in [0.2, 0.25) is 11.8 Å². The summed E-state index contributed by atoms with van der Waals surface area (Å²) in [6, 6.07) is 25.7. The third-order valence-corrected chi connectivity index (χ3v) is 9.41. The molecule has 0 spiro atoms. The zero-order valence-electron chi connectivity index (χ0n) is 26.4. The van der Waals surface area contributed by atoms with Crippen LogP contribution < -0.4 is 20.5 Å². The van der Waals surface area contributed by atoms with Crippen LogP contribution in [0.3, 0.4) is 0 Å². The Morgan fingerprint density at radius 2 is 1.53 bits per heavy atom. The molecule has 246 valence electrons. The van der Waals surface area contributed by atoms with Gasteiger partial charge in [-0.05, 0) is 78.8 Å². The summed E-state index contributed by atoms with van der Waals surface area (Å²) in [4.78, 5) is 42.9. The lowest BCUT2D eigenvalue weighted by Crippen LogP contribution is -2.62. The highest BCUT2D eigenvalue weighted by Crippen LogP contribution is 2.38. The molecule has 2 fully saturated rings. The number of hydrogen-bond donors (Lipinski definition) is 2. The van der Waals surface area contributed by atoms with Gasteiger partial charge in [0.1, 0.15) is 24.7 Å². The monoisotopic (exact) mass is 700 g/mol. The molecule has 9 nitrogen and oxygen atoms in total. The molecular formula is C37H41BrN4O5. The van der Waals surface area contributed by atoms with Crippen molar-refractivity contribution < 1.29 is 23.9 Å². The fourth-order valence-electron chi connectivity index (χ4n) is 6.43. The molecule has 3 N–H and O–H groups in total. The van der Waals surface area contributed by atoms with Gasteiger partial charge in [-0.1, -0.05) is 58.4 Å². The van der Waals surface area contributed by atoms with Crippen molar-refractivity contribution in [2.75, 3.05) is 26.3 Å². The fourth-order valence-corrected chi connectivity index (χ4v) is 6.70. The number of piperazine rings is 1. The van der Waals surface area contributed by atoms with Gasteiger partial charge in [0.05, 0.1) is 6.04 Å². The summed E-state index contributed by atoms with van der Waals surface area (Å²) in [6.45, 7) is 2.31. The van der Waals surface area contributed by atoms with Gasteiger partial charge in [-0.15, -0.1) is 0 Å². The van der Waals surface area contributed by atoms with E-state index in [4.69, 9.17) is 15.2 Å². The maximum absolute atomic E-state index is 14.6. The Labute approximate surface area is 284 Å². The van der Waals surface area contributed by atoms with Crippen molar-refractivity contribution >= 4 is 39.2 Å². The van der Waals surface area contributed by atoms with E-state index in [-0.39, 0.29) is 42.8 Å². The minimum atomic E-state index is -0.403. The summed E-state index contributed by atoms with van der Waals surface area (Å²) >= 11 is 3.43. The molecule has 2 bridgehead atoms. The van der Waals surface area contributed by atoms with Gasteiger partial charge in [-0.3, -0.25) is 14.4 Å². The quantitative estimate of drug-likeness (QED) is 0.227. The molecule has 10 heteroatoms. The molecule has 6 rings (SSSR count). The number of benzene rings is 3. The largest absolute Gasteiger partial charge is 0.490 e. The normalized spacial score (nSPS) is 18.9. The van der Waals surface area contributed by atoms with Crippen LogP contribution in [0, 0.1) is 0 Å². The van der Waals surface area contributed by atoms with Gasteiger partial charge in [0.15, 0.2) is 0 Å². The zero-order chi connectivity index (χ0) is 32.8. The highest BCUT2D eigenvalue weighted by molar-refractivity contribution is 9.10. The molecule has 2 aliphatic heterocycles. The highest BCUT2D eigenvalue weighted by Gasteiger charge is 2.43. The maximum atomic E-state index is 14.6. The Morgan fingerprint density at radius 1 is 0.872 bits per heavy atom. The Hall–Kier alpha value is -4.15. The van der Waals surface area contributed by atoms with E-state index in [1.807, 2.05) is 76.5 Å². The summed E-state index contributed by atoms with van der Waals surface area (Å²) in [5.41, 5.74) is 9.13. The van der Waals surface area contributed by atoms with Crippen molar-refractivity contribution in [3.63, 3.8) is 0 Å². The first-order valence-corrected chi connectivity index (χ1v) is 17.1. The van der Waals surface area contributed by atoms with E-state index in [1.165, 1.54) is 0 Å². The summed E-state index contributed by atoms with van der Waals surface area (Å²) in [7, 11) is 0. The molecule has 1 saturated carbocycles. The van der Waals surface area contributed by atoms with Crippen LogP contribution in [0.5, 0.6) is 11.5 Å². The van der Waals surface area contributed by atoms with Gasteiger partial charge >= 0.3 is 0 Å². The van der Waals surface area contributed by atoms with E-state index < -0.39 is 5.91 Å². The van der Waals surface area contributed by atoms with Crippen LogP contribution in [-0.4, -0.2) is 72.0 Å². The van der Waals surface area contributed by atoms with Crippen molar-refractivity contribution in [1.82, 2.24) is 15.1 Å². The molecular weight excluding hydrogens is 660 g/mol. The molecule has 3 amide bonds. The minimum Gasteiger partial charge on any atom is -0.490 e. The number of fused-ring (bicyclic) bond motifs is 2. The van der Waals surface area contributed by atoms with E-state index in [0.717, 1.165) is 51.1 Å². The summed E-state index contributed by atoms with van der Waals surface area (Å²) in [5, 5.41) is 3.67. The first kappa shape index (κ1) is 32.8. The van der Waals surface area contributed by atoms with Crippen LogP contribution >= 0.6 is 15.9 Å². The third kappa shape index (κ3) is 8.61. The molecule has 0 radical (unpaired) electrons. The Morgan fingerprint density at radius 3 is 2.17 bits per heavy atom. The van der Waals surface area contributed by atoms with Crippen LogP contribution in [0.2, 0.25) is 0 Å². The topological polar surface area (TPSA) is 114 Å². The van der Waals surface area contributed by atoms with Crippen LogP contribution in [0.4, 0.5) is 0 Å². The lowest BCUT2D eigenvalue weighted by Gasteiger charge is -2.45. The standard InChI is InChI=1S/C37H41BrN4O5/c38-27-11-17-31(18-12-27)47-20-19-46-30-15-9-26(10-16-30)32-21-28-23-41(35(44)8-4-7-34(39)43)24-33(40-28)36(32)37(45)42(29-13-14-29)22-25-5-2-1-3-6-25/h1-3,5-6,9-12,15-18,28-29,33,40H,4,7-8,13-14,19-24H2,(H2,39,43). The first-order chi connectivity index (χ1) is 22.8. The van der Waals surface area contributed by atoms with Crippen molar-refractivity contribution in [2.24, 2.45) is 5.73 Å². The van der Waals surface area contributed by atoms with Gasteiger partial charge < -0.3 is 30.3 Å². The molecule has 47 heavy (non-hydrogen) atoms. The van der Waals surface area contributed by atoms with Crippen molar-refractivity contribution in [2.45, 2.75) is 63.2 Å². The average molecular weight is 702 g/mol. The number of nitrogens with zero attached hydrogens (tertiary/aromatic N) is 2. The first-order valence-electron chi connectivity index (χ1n) is 16.4. The van der Waals surface area contributed by atoms with E-state index in [2.05, 4.69) is 33.4 Å². The SMILES string of the molecule is NC(=O)CCCC(=O)N1CC2CC(c3ccc(OCCOc4ccc(Br)cc4)cc3)=C(C(=O)N(Cc3ccccc3)C3CC3)C(C1)N2. The van der Waals surface area contributed by atoms with Gasteiger partial charge in [-0.25, -0.2) is 0 Å². The Balaban J connectivity index is 1.21. The van der Waals surface area contributed by atoms with E-state index >= 15 is 0 Å². The number of amides is 3. The maximum Gasteiger partial charge on any atom is 0.252 e. The van der Waals surface area contributed by atoms with Crippen LogP contribution in [0.15, 0.2) is 88.9 Å². The molecule has 3 aliphatic rings. The summed E-state index contributed by atoms with van der Waals surface area (Å²) in [5.74, 6) is 1.13. The lowest BCUT2D eigenvalue weighted by molar-refractivity contribution is -0.134. The molecule has 2 unspecified atom stereocenters. The van der Waals surface area contributed by atoms with E-state index in [0.29, 0.717) is 45.7 Å². The summed E-state index contributed by atoms with van der Waals surface area (Å²) in [6.07, 6.45) is 3.48. The van der Waals surface area contributed by atoms with E-state index in [9.17, 15) is 14.4 Å². The minimum absolute atomic E-state index is 0.00745. The molecule has 1 aliphatic carbocycles. The number of rotatable bonds is 14. The Bertz CT molecular complexity index is 1590. The zero-order valence-corrected chi connectivity index (χ0v) is 28.0. The molecule has 3 aromatic carbocycles. The number of hydrogen-bond acceptors (Lipinski definition) is 6. The highest BCUT2D eigenvalue weighted by atomic mass is 79.9. The number of carbonyl (C=O) groups is 3. The van der Waals surface area contributed by atoms with Crippen molar-refractivity contribution in [3.05, 3.63) is 100 Å². The van der Waals surface area contributed by atoms with Gasteiger partial charge in [-0.2, -0.15) is 0 Å². The second-order valence-electron chi connectivity index (χ2n) is 12.5. The van der Waals surface area contributed by atoms with Crippen LogP contribution in [-0.2, 0) is 20.9 Å². The number of nitrogens with two attached hydrogens (primary N) is 1. The molecule has 0 aromatic heterocycles. The van der Waals surface area contributed by atoms with Gasteiger partial charge in [0.25, 0.3) is 5.91 Å². The number of halogens is 1. The molecule has 1 saturated heterocycles. The molecule has 2 atom stereocenters. The third-order valence-electron chi connectivity index (χ3n) is 8.88. The number of primary amides is 1. The lowest BCUT2D eigenvalue weighted by atomic mass is 9.82. The second kappa shape index (κ2) is 15.2. The average Bonchev–Trinajstić information content (AvgIpc) is 3.92.